The summed E-state index contributed by atoms with van der Waals surface area (Å²) in [5.41, 5.74) is 7.41. The number of halogens is 3. The van der Waals surface area contributed by atoms with Crippen molar-refractivity contribution in [2.24, 2.45) is 0 Å². The van der Waals surface area contributed by atoms with Crippen LogP contribution < -0.4 is 11.1 Å². The lowest BCUT2D eigenvalue weighted by atomic mass is 10.2. The maximum atomic E-state index is 13.6. The van der Waals surface area contributed by atoms with Crippen LogP contribution in [-0.2, 0) is 0 Å². The van der Waals surface area contributed by atoms with Crippen LogP contribution >= 0.6 is 15.9 Å². The molecule has 0 aliphatic rings. The summed E-state index contributed by atoms with van der Waals surface area (Å²) in [7, 11) is 0. The van der Waals surface area contributed by atoms with Gasteiger partial charge in [-0.05, 0) is 36.8 Å². The molecule has 18 heavy (non-hydrogen) atoms. The predicted octanol–water partition coefficient (Wildman–Crippen LogP) is 4.36. The minimum Gasteiger partial charge on any atom is -0.397 e. The fourth-order valence-corrected chi connectivity index (χ4v) is 1.89. The molecule has 0 fully saturated rings. The largest absolute Gasteiger partial charge is 0.397 e. The summed E-state index contributed by atoms with van der Waals surface area (Å²) in [5, 5.41) is 2.78. The van der Waals surface area contributed by atoms with Crippen LogP contribution in [0.4, 0.5) is 25.8 Å². The maximum Gasteiger partial charge on any atom is 0.184 e. The van der Waals surface area contributed by atoms with Gasteiger partial charge >= 0.3 is 0 Å². The van der Waals surface area contributed by atoms with Crippen molar-refractivity contribution < 1.29 is 8.78 Å². The average molecular weight is 313 g/mol. The predicted molar refractivity (Wildman–Crippen MR) is 72.9 cm³/mol. The van der Waals surface area contributed by atoms with Crippen molar-refractivity contribution in [2.75, 3.05) is 11.1 Å². The maximum absolute atomic E-state index is 13.6. The first-order chi connectivity index (χ1) is 8.49. The van der Waals surface area contributed by atoms with Crippen LogP contribution in [0.15, 0.2) is 34.8 Å². The van der Waals surface area contributed by atoms with E-state index < -0.39 is 11.6 Å². The minimum atomic E-state index is -0.980. The molecule has 0 radical (unpaired) electrons. The van der Waals surface area contributed by atoms with Gasteiger partial charge in [0.05, 0.1) is 5.69 Å². The Morgan fingerprint density at radius 3 is 2.56 bits per heavy atom. The van der Waals surface area contributed by atoms with Crippen molar-refractivity contribution in [1.29, 1.82) is 0 Å². The molecule has 0 unspecified atom stereocenters. The van der Waals surface area contributed by atoms with Crippen molar-refractivity contribution >= 4 is 33.0 Å². The normalized spacial score (nSPS) is 10.4. The van der Waals surface area contributed by atoms with Gasteiger partial charge in [-0.1, -0.05) is 22.0 Å². The van der Waals surface area contributed by atoms with E-state index in [1.54, 1.807) is 12.1 Å². The molecule has 0 aliphatic carbocycles. The molecule has 0 saturated heterocycles. The number of benzene rings is 2. The van der Waals surface area contributed by atoms with E-state index in [-0.39, 0.29) is 11.4 Å². The summed E-state index contributed by atoms with van der Waals surface area (Å²) in [6.07, 6.45) is 0. The molecule has 0 aliphatic heterocycles. The zero-order chi connectivity index (χ0) is 13.3. The van der Waals surface area contributed by atoms with Gasteiger partial charge < -0.3 is 11.1 Å². The molecule has 3 N–H and O–H groups in total. The van der Waals surface area contributed by atoms with Crippen LogP contribution in [0.25, 0.3) is 0 Å². The highest BCUT2D eigenvalue weighted by Gasteiger charge is 2.12. The van der Waals surface area contributed by atoms with Gasteiger partial charge in [0.25, 0.3) is 0 Å². The summed E-state index contributed by atoms with van der Waals surface area (Å²) >= 11 is 3.37. The SMILES string of the molecule is Cc1ccc(Nc2c(N)ccc(F)c2F)cc1Br. The van der Waals surface area contributed by atoms with Crippen LogP contribution in [0.3, 0.4) is 0 Å². The lowest BCUT2D eigenvalue weighted by Gasteiger charge is -2.11. The number of nitrogens with one attached hydrogen (secondary N) is 1. The van der Waals surface area contributed by atoms with E-state index in [4.69, 9.17) is 5.73 Å². The molecule has 2 aromatic carbocycles. The number of hydrogen-bond acceptors (Lipinski definition) is 2. The second-order valence-electron chi connectivity index (χ2n) is 3.91. The smallest absolute Gasteiger partial charge is 0.184 e. The second-order valence-corrected chi connectivity index (χ2v) is 4.77. The molecule has 2 aromatic rings. The number of nitrogens with two attached hydrogens (primary N) is 1. The Bertz CT molecular complexity index is 600. The molecule has 2 nitrogen and oxygen atoms in total. The third kappa shape index (κ3) is 2.46. The summed E-state index contributed by atoms with van der Waals surface area (Å²) in [6, 6.07) is 7.73. The molecule has 5 heteroatoms. The van der Waals surface area contributed by atoms with E-state index in [0.29, 0.717) is 5.69 Å². The second kappa shape index (κ2) is 4.94. The molecule has 0 aromatic heterocycles. The third-order valence-corrected chi connectivity index (χ3v) is 3.42. The van der Waals surface area contributed by atoms with Gasteiger partial charge in [0.15, 0.2) is 11.6 Å². The third-order valence-electron chi connectivity index (χ3n) is 2.57. The Kier molecular flexibility index (Phi) is 3.52. The van der Waals surface area contributed by atoms with Gasteiger partial charge in [-0.2, -0.15) is 0 Å². The zero-order valence-electron chi connectivity index (χ0n) is 9.60. The fourth-order valence-electron chi connectivity index (χ4n) is 1.51. The van der Waals surface area contributed by atoms with Crippen molar-refractivity contribution in [3.8, 4) is 0 Å². The van der Waals surface area contributed by atoms with Gasteiger partial charge in [0.1, 0.15) is 5.69 Å². The van der Waals surface area contributed by atoms with Gasteiger partial charge in [-0.25, -0.2) is 8.78 Å². The van der Waals surface area contributed by atoms with E-state index in [1.165, 1.54) is 6.07 Å². The number of aryl methyl sites for hydroxylation is 1. The van der Waals surface area contributed by atoms with Gasteiger partial charge in [-0.15, -0.1) is 0 Å². The molecule has 0 amide bonds. The Balaban J connectivity index is 2.39. The lowest BCUT2D eigenvalue weighted by molar-refractivity contribution is 0.512. The molecule has 94 valence electrons. The standard InChI is InChI=1S/C13H11BrF2N2/c1-7-2-3-8(6-9(7)14)18-13-11(17)5-4-10(15)12(13)16/h2-6,18H,17H2,1H3. The Morgan fingerprint density at radius 1 is 1.17 bits per heavy atom. The van der Waals surface area contributed by atoms with E-state index >= 15 is 0 Å². The molecule has 2 rings (SSSR count). The van der Waals surface area contributed by atoms with Crippen LogP contribution in [-0.4, -0.2) is 0 Å². The van der Waals surface area contributed by atoms with E-state index in [2.05, 4.69) is 21.2 Å². The van der Waals surface area contributed by atoms with Crippen LogP contribution in [0.1, 0.15) is 5.56 Å². The van der Waals surface area contributed by atoms with Crippen LogP contribution in [0.5, 0.6) is 0 Å². The van der Waals surface area contributed by atoms with Crippen molar-refractivity contribution in [3.63, 3.8) is 0 Å². The van der Waals surface area contributed by atoms with Crippen molar-refractivity contribution in [1.82, 2.24) is 0 Å². The van der Waals surface area contributed by atoms with Crippen LogP contribution in [0.2, 0.25) is 0 Å². The summed E-state index contributed by atoms with van der Waals surface area (Å²) in [4.78, 5) is 0. The minimum absolute atomic E-state index is 0.0502. The first-order valence-corrected chi connectivity index (χ1v) is 6.05. The number of rotatable bonds is 2. The van der Waals surface area contributed by atoms with Gasteiger partial charge in [0, 0.05) is 10.2 Å². The summed E-state index contributed by atoms with van der Waals surface area (Å²) < 4.78 is 27.6. The Hall–Kier alpha value is -1.62. The number of anilines is 3. The Morgan fingerprint density at radius 2 is 1.89 bits per heavy atom. The topological polar surface area (TPSA) is 38.0 Å². The molecular weight excluding hydrogens is 302 g/mol. The summed E-state index contributed by atoms with van der Waals surface area (Å²) in [6.45, 7) is 1.94. The Labute approximate surface area is 112 Å². The number of nitrogen functional groups attached to an aromatic ring is 1. The molecule has 0 bridgehead atoms. The highest BCUT2D eigenvalue weighted by atomic mass is 79.9. The highest BCUT2D eigenvalue weighted by Crippen LogP contribution is 2.29. The fraction of sp³-hybridized carbons (Fsp3) is 0.0769. The monoisotopic (exact) mass is 312 g/mol. The molecular formula is C13H11BrF2N2. The summed E-state index contributed by atoms with van der Waals surface area (Å²) in [5.74, 6) is -1.91. The first kappa shape index (κ1) is 12.8. The first-order valence-electron chi connectivity index (χ1n) is 5.25. The van der Waals surface area contributed by atoms with Crippen LogP contribution in [0, 0.1) is 18.6 Å². The molecule has 0 heterocycles. The average Bonchev–Trinajstić information content (AvgIpc) is 2.34. The van der Waals surface area contributed by atoms with E-state index in [9.17, 15) is 8.78 Å². The molecule has 0 saturated carbocycles. The van der Waals surface area contributed by atoms with Crippen molar-refractivity contribution in [3.05, 3.63) is 52.0 Å². The molecule has 0 atom stereocenters. The van der Waals surface area contributed by atoms with E-state index in [1.807, 2.05) is 13.0 Å². The quantitative estimate of drug-likeness (QED) is 0.808. The lowest BCUT2D eigenvalue weighted by Crippen LogP contribution is -2.01. The highest BCUT2D eigenvalue weighted by molar-refractivity contribution is 9.10. The van der Waals surface area contributed by atoms with Gasteiger partial charge in [-0.3, -0.25) is 0 Å². The van der Waals surface area contributed by atoms with Crippen molar-refractivity contribution in [2.45, 2.75) is 6.92 Å². The van der Waals surface area contributed by atoms with Gasteiger partial charge in [0.2, 0.25) is 0 Å². The number of hydrogen-bond donors (Lipinski definition) is 2. The van der Waals surface area contributed by atoms with E-state index in [0.717, 1.165) is 16.1 Å². The molecule has 0 spiro atoms. The zero-order valence-corrected chi connectivity index (χ0v) is 11.2.